The van der Waals surface area contributed by atoms with Crippen molar-refractivity contribution in [3.8, 4) is 0 Å². The number of aryl methyl sites for hydroxylation is 1. The lowest BCUT2D eigenvalue weighted by Crippen LogP contribution is -2.67. The first-order valence-electron chi connectivity index (χ1n) is 18.5. The van der Waals surface area contributed by atoms with Crippen molar-refractivity contribution in [2.45, 2.75) is 103 Å². The zero-order valence-corrected chi connectivity index (χ0v) is 32.2. The third-order valence-corrected chi connectivity index (χ3v) is 11.4. The Labute approximate surface area is 317 Å². The second kappa shape index (κ2) is 18.1. The van der Waals surface area contributed by atoms with Gasteiger partial charge in [-0.15, -0.1) is 0 Å². The van der Waals surface area contributed by atoms with Crippen LogP contribution in [0.2, 0.25) is 0 Å². The zero-order chi connectivity index (χ0) is 40.7. The molecule has 0 saturated heterocycles. The number of benzene rings is 2. The molecule has 1 aromatic heterocycles. The summed E-state index contributed by atoms with van der Waals surface area (Å²) in [6, 6.07) is 7.14. The highest BCUT2D eigenvalue weighted by molar-refractivity contribution is 7.51. The van der Waals surface area contributed by atoms with Crippen molar-refractivity contribution in [1.82, 2.24) is 26.3 Å². The fraction of sp³-hybridized carbons (Fsp3) is 0.526. The van der Waals surface area contributed by atoms with E-state index in [1.54, 1.807) is 26.8 Å². The molecule has 0 aliphatic heterocycles. The number of fused-ring (bicyclic) bond motifs is 3. The molecule has 3 aromatic rings. The number of halogens is 4. The van der Waals surface area contributed by atoms with Crippen molar-refractivity contribution >= 4 is 42.1 Å². The van der Waals surface area contributed by atoms with Crippen molar-refractivity contribution in [3.05, 3.63) is 70.7 Å². The van der Waals surface area contributed by atoms with E-state index in [-0.39, 0.29) is 67.7 Å². The van der Waals surface area contributed by atoms with E-state index in [1.807, 2.05) is 6.92 Å². The molecule has 17 heteroatoms. The zero-order valence-electron chi connectivity index (χ0n) is 31.3. The first kappa shape index (κ1) is 43.5. The molecule has 0 bridgehead atoms. The van der Waals surface area contributed by atoms with Crippen LogP contribution in [0.4, 0.5) is 17.6 Å². The molecular formula is C38H50F4N5O7P. The van der Waals surface area contributed by atoms with Gasteiger partial charge in [-0.2, -0.15) is 13.2 Å². The SMILES string of the molecule is CCC(C)C(NC(=O)Cc1ccccc1F)C(=O)N[C@]1(C(=O)NC(C(=O)NCCCCP(=O)(O)O)C(C)CC)CCc2[nH]c3c(C(F)(F)F)cccc3c2C1. The van der Waals surface area contributed by atoms with Gasteiger partial charge in [0.1, 0.15) is 23.4 Å². The van der Waals surface area contributed by atoms with E-state index in [1.165, 1.54) is 30.3 Å². The van der Waals surface area contributed by atoms with Gasteiger partial charge >= 0.3 is 13.8 Å². The maximum absolute atomic E-state index is 14.6. The monoisotopic (exact) mass is 795 g/mol. The number of nitrogens with one attached hydrogen (secondary N) is 5. The van der Waals surface area contributed by atoms with Crippen LogP contribution in [0.25, 0.3) is 10.9 Å². The second-order valence-corrected chi connectivity index (χ2v) is 16.3. The summed E-state index contributed by atoms with van der Waals surface area (Å²) >= 11 is 0. The van der Waals surface area contributed by atoms with Crippen LogP contribution in [0.15, 0.2) is 42.5 Å². The number of hydrogen-bond donors (Lipinski definition) is 7. The number of amides is 4. The molecule has 0 fully saturated rings. The van der Waals surface area contributed by atoms with Gasteiger partial charge in [0.2, 0.25) is 23.6 Å². The van der Waals surface area contributed by atoms with Gasteiger partial charge in [-0.05, 0) is 60.8 Å². The Balaban J connectivity index is 1.68. The largest absolute Gasteiger partial charge is 0.418 e. The molecule has 1 aliphatic rings. The molecule has 0 saturated carbocycles. The summed E-state index contributed by atoms with van der Waals surface area (Å²) in [4.78, 5) is 76.7. The topological polar surface area (TPSA) is 190 Å². The van der Waals surface area contributed by atoms with E-state index >= 15 is 0 Å². The van der Waals surface area contributed by atoms with Gasteiger partial charge < -0.3 is 36.0 Å². The third-order valence-electron chi connectivity index (χ3n) is 10.5. The highest BCUT2D eigenvalue weighted by Crippen LogP contribution is 2.40. The fourth-order valence-electron chi connectivity index (χ4n) is 6.87. The Bertz CT molecular complexity index is 1920. The van der Waals surface area contributed by atoms with Crippen LogP contribution in [-0.4, -0.2) is 68.7 Å². The Morgan fingerprint density at radius 2 is 1.58 bits per heavy atom. The summed E-state index contributed by atoms with van der Waals surface area (Å²) in [7, 11) is -4.21. The molecule has 1 heterocycles. The summed E-state index contributed by atoms with van der Waals surface area (Å²) in [5.74, 6) is -4.16. The third kappa shape index (κ3) is 10.9. The predicted octanol–water partition coefficient (Wildman–Crippen LogP) is 5.05. The highest BCUT2D eigenvalue weighted by atomic mass is 31.2. The number of carbonyl (C=O) groups is 4. The number of para-hydroxylation sites is 1. The lowest BCUT2D eigenvalue weighted by molar-refractivity contribution is -0.139. The molecule has 1 aliphatic carbocycles. The van der Waals surface area contributed by atoms with E-state index in [9.17, 15) is 41.3 Å². The van der Waals surface area contributed by atoms with Gasteiger partial charge in [0, 0.05) is 30.2 Å². The Kier molecular flexibility index (Phi) is 14.3. The summed E-state index contributed by atoms with van der Waals surface area (Å²) in [6.07, 6.45) is -4.34. The van der Waals surface area contributed by atoms with Gasteiger partial charge in [-0.25, -0.2) is 4.39 Å². The van der Waals surface area contributed by atoms with E-state index in [0.717, 1.165) is 6.07 Å². The standard InChI is InChI=1S/C38H50F4N5O7P/c1-5-22(3)31(34(49)43-18-9-10-19-55(52,53)54)46-36(51)37(17-16-29-26(21-37)25-13-11-14-27(33(25)44-29)38(40,41)42)47-35(50)32(23(4)6-2)45-30(48)20-24-12-7-8-15-28(24)39/h7-8,11-15,22-23,31-32,44H,5-6,9-10,16-21H2,1-4H3,(H,43,49)(H,45,48)(H,46,51)(H,47,50)(H2,52,53,54)/t22?,23?,31?,32?,37-/m1/s1. The molecule has 4 amide bonds. The van der Waals surface area contributed by atoms with Gasteiger partial charge in [0.25, 0.3) is 0 Å². The van der Waals surface area contributed by atoms with Crippen LogP contribution in [-0.2, 0) is 49.2 Å². The fourth-order valence-corrected chi connectivity index (χ4v) is 7.50. The first-order valence-corrected chi connectivity index (χ1v) is 20.3. The maximum atomic E-state index is 14.6. The smallest absolute Gasteiger partial charge is 0.358 e. The minimum atomic E-state index is -4.67. The molecule has 12 nitrogen and oxygen atoms in total. The minimum absolute atomic E-state index is 0.0580. The van der Waals surface area contributed by atoms with Gasteiger partial charge in [-0.1, -0.05) is 70.9 Å². The molecule has 5 atom stereocenters. The van der Waals surface area contributed by atoms with E-state index in [4.69, 9.17) is 9.79 Å². The summed E-state index contributed by atoms with van der Waals surface area (Å²) < 4.78 is 67.7. The van der Waals surface area contributed by atoms with Crippen molar-refractivity contribution in [1.29, 1.82) is 0 Å². The summed E-state index contributed by atoms with van der Waals surface area (Å²) in [6.45, 7) is 7.15. The minimum Gasteiger partial charge on any atom is -0.358 e. The average molecular weight is 796 g/mol. The Hall–Kier alpha value is -4.27. The molecule has 7 N–H and O–H groups in total. The lowest BCUT2D eigenvalue weighted by Gasteiger charge is -2.39. The number of unbranched alkanes of at least 4 members (excludes halogenated alkanes) is 1. The Morgan fingerprint density at radius 1 is 0.927 bits per heavy atom. The van der Waals surface area contributed by atoms with Crippen LogP contribution in [0, 0.1) is 17.7 Å². The quantitative estimate of drug-likeness (QED) is 0.0566. The van der Waals surface area contributed by atoms with E-state index < -0.39 is 78.2 Å². The normalized spacial score (nSPS) is 18.1. The average Bonchev–Trinajstić information content (AvgIpc) is 3.49. The summed E-state index contributed by atoms with van der Waals surface area (Å²) in [5, 5.41) is 11.3. The maximum Gasteiger partial charge on any atom is 0.418 e. The molecule has 0 spiro atoms. The first-order chi connectivity index (χ1) is 25.8. The van der Waals surface area contributed by atoms with E-state index in [2.05, 4.69) is 26.3 Å². The number of rotatable bonds is 17. The van der Waals surface area contributed by atoms with Crippen LogP contribution < -0.4 is 21.3 Å². The van der Waals surface area contributed by atoms with Crippen molar-refractivity contribution < 1.29 is 51.1 Å². The number of aromatic amines is 1. The van der Waals surface area contributed by atoms with Crippen LogP contribution >= 0.6 is 7.60 Å². The number of carbonyl (C=O) groups excluding carboxylic acids is 4. The van der Waals surface area contributed by atoms with Crippen molar-refractivity contribution in [2.24, 2.45) is 11.8 Å². The van der Waals surface area contributed by atoms with Gasteiger partial charge in [0.15, 0.2) is 0 Å². The number of hydrogen-bond acceptors (Lipinski definition) is 5. The number of H-pyrrole nitrogens is 1. The number of aromatic nitrogens is 1. The van der Waals surface area contributed by atoms with Crippen molar-refractivity contribution in [2.75, 3.05) is 12.7 Å². The lowest BCUT2D eigenvalue weighted by atomic mass is 9.78. The van der Waals surface area contributed by atoms with Crippen LogP contribution in [0.1, 0.15) is 82.2 Å². The predicted molar refractivity (Wildman–Crippen MR) is 198 cm³/mol. The van der Waals surface area contributed by atoms with Gasteiger partial charge in [0.05, 0.1) is 17.5 Å². The van der Waals surface area contributed by atoms with E-state index in [0.29, 0.717) is 24.1 Å². The molecule has 55 heavy (non-hydrogen) atoms. The molecule has 302 valence electrons. The van der Waals surface area contributed by atoms with Crippen LogP contribution in [0.3, 0.4) is 0 Å². The number of alkyl halides is 3. The molecule has 2 aromatic carbocycles. The molecule has 4 rings (SSSR count). The van der Waals surface area contributed by atoms with Crippen LogP contribution in [0.5, 0.6) is 0 Å². The molecule has 4 unspecified atom stereocenters. The summed E-state index contributed by atoms with van der Waals surface area (Å²) in [5.41, 5.74) is -1.86. The molecule has 0 radical (unpaired) electrons. The second-order valence-electron chi connectivity index (χ2n) is 14.5. The van der Waals surface area contributed by atoms with Gasteiger partial charge in [-0.3, -0.25) is 23.7 Å². The molecular weight excluding hydrogens is 745 g/mol. The van der Waals surface area contributed by atoms with Crippen molar-refractivity contribution in [3.63, 3.8) is 0 Å². The highest BCUT2D eigenvalue weighted by Gasteiger charge is 2.47. The Morgan fingerprint density at radius 3 is 2.20 bits per heavy atom.